The quantitative estimate of drug-likeness (QED) is 0.459. The summed E-state index contributed by atoms with van der Waals surface area (Å²) >= 11 is 0. The fourth-order valence-corrected chi connectivity index (χ4v) is 3.53. The van der Waals surface area contributed by atoms with E-state index in [1.54, 1.807) is 13.2 Å². The molecule has 1 aliphatic carbocycles. The van der Waals surface area contributed by atoms with E-state index in [2.05, 4.69) is 5.16 Å². The first-order valence-electron chi connectivity index (χ1n) is 10.1. The van der Waals surface area contributed by atoms with E-state index >= 15 is 0 Å². The summed E-state index contributed by atoms with van der Waals surface area (Å²) in [6.07, 6.45) is 9.27. The highest BCUT2D eigenvalue weighted by Crippen LogP contribution is 2.30. The summed E-state index contributed by atoms with van der Waals surface area (Å²) in [5.41, 5.74) is 2.57. The van der Waals surface area contributed by atoms with Crippen LogP contribution in [0.2, 0.25) is 0 Å². The molecule has 0 spiro atoms. The first kappa shape index (κ1) is 21.0. The van der Waals surface area contributed by atoms with Gasteiger partial charge in [-0.05, 0) is 56.4 Å². The smallest absolute Gasteiger partial charge is 0.330 e. The second-order valence-corrected chi connectivity index (χ2v) is 7.47. The fourth-order valence-electron chi connectivity index (χ4n) is 3.53. The summed E-state index contributed by atoms with van der Waals surface area (Å²) in [6, 6.07) is 5.52. The van der Waals surface area contributed by atoms with E-state index < -0.39 is 0 Å². The molecule has 3 rings (SSSR count). The van der Waals surface area contributed by atoms with Crippen LogP contribution in [-0.4, -0.2) is 24.8 Å². The normalized spacial score (nSPS) is 14.9. The number of methoxy groups -OCH3 is 1. The van der Waals surface area contributed by atoms with E-state index in [1.807, 2.05) is 32.0 Å². The van der Waals surface area contributed by atoms with Gasteiger partial charge in [0.1, 0.15) is 12.4 Å². The second kappa shape index (κ2) is 10.1. The molecule has 1 aliphatic rings. The van der Waals surface area contributed by atoms with Crippen molar-refractivity contribution >= 4 is 12.0 Å². The molecule has 0 radical (unpaired) electrons. The third-order valence-electron chi connectivity index (χ3n) is 5.34. The average molecular weight is 399 g/mol. The van der Waals surface area contributed by atoms with Gasteiger partial charge >= 0.3 is 5.97 Å². The number of hydrogen-bond acceptors (Lipinski definition) is 6. The Morgan fingerprint density at radius 2 is 2.00 bits per heavy atom. The number of aromatic nitrogens is 1. The summed E-state index contributed by atoms with van der Waals surface area (Å²) in [5.74, 6) is 2.15. The Morgan fingerprint density at radius 3 is 2.69 bits per heavy atom. The minimum absolute atomic E-state index is 0.312. The Kier molecular flexibility index (Phi) is 7.33. The lowest BCUT2D eigenvalue weighted by molar-refractivity contribution is -0.139. The molecule has 1 aromatic heterocycles. The number of carbonyl (C=O) groups excluding carboxylic acids is 1. The number of aryl methyl sites for hydroxylation is 2. The third kappa shape index (κ3) is 5.86. The van der Waals surface area contributed by atoms with Crippen LogP contribution < -0.4 is 9.47 Å². The number of hydrogen-bond donors (Lipinski definition) is 0. The van der Waals surface area contributed by atoms with Gasteiger partial charge in [-0.15, -0.1) is 0 Å². The van der Waals surface area contributed by atoms with Crippen molar-refractivity contribution in [3.8, 4) is 11.5 Å². The number of ether oxygens (including phenoxy) is 3. The van der Waals surface area contributed by atoms with Gasteiger partial charge in [0.15, 0.2) is 11.5 Å². The standard InChI is InChI=1S/C23H29NO5/c1-16-20(17(2)29-24-16)15-27-21-11-9-18(13-22(21)26-3)10-12-23(25)28-14-19-7-5-4-6-8-19/h9-13,19H,4-8,14-15H2,1-3H3/b12-10+. The topological polar surface area (TPSA) is 70.8 Å². The summed E-state index contributed by atoms with van der Waals surface area (Å²) in [6.45, 7) is 4.60. The van der Waals surface area contributed by atoms with E-state index in [-0.39, 0.29) is 5.97 Å². The number of rotatable bonds is 8. The Hall–Kier alpha value is -2.76. The number of esters is 1. The number of benzene rings is 1. The van der Waals surface area contributed by atoms with Crippen molar-refractivity contribution in [1.29, 1.82) is 0 Å². The molecule has 1 heterocycles. The van der Waals surface area contributed by atoms with Crippen molar-refractivity contribution in [3.63, 3.8) is 0 Å². The maximum atomic E-state index is 12.0. The Bertz CT molecular complexity index is 829. The minimum atomic E-state index is -0.312. The van der Waals surface area contributed by atoms with Gasteiger partial charge < -0.3 is 18.7 Å². The molecular weight excluding hydrogens is 370 g/mol. The highest BCUT2D eigenvalue weighted by molar-refractivity contribution is 5.87. The SMILES string of the molecule is COc1cc(/C=C/C(=O)OCC2CCCCC2)ccc1OCc1c(C)noc1C. The molecule has 2 aromatic rings. The zero-order chi connectivity index (χ0) is 20.6. The molecule has 1 saturated carbocycles. The molecule has 1 fully saturated rings. The van der Waals surface area contributed by atoms with E-state index in [4.69, 9.17) is 18.7 Å². The lowest BCUT2D eigenvalue weighted by Gasteiger charge is -2.20. The van der Waals surface area contributed by atoms with Gasteiger partial charge in [-0.1, -0.05) is 30.5 Å². The van der Waals surface area contributed by atoms with Crippen molar-refractivity contribution in [3.05, 3.63) is 46.9 Å². The predicted molar refractivity (Wildman–Crippen MR) is 110 cm³/mol. The monoisotopic (exact) mass is 399 g/mol. The van der Waals surface area contributed by atoms with Gasteiger partial charge in [-0.2, -0.15) is 0 Å². The van der Waals surface area contributed by atoms with Crippen LogP contribution in [0.1, 0.15) is 54.7 Å². The van der Waals surface area contributed by atoms with E-state index in [0.717, 1.165) is 35.4 Å². The van der Waals surface area contributed by atoms with E-state index in [0.29, 0.717) is 30.6 Å². The molecule has 0 bridgehead atoms. The lowest BCUT2D eigenvalue weighted by Crippen LogP contribution is -2.15. The Labute approximate surface area is 171 Å². The fraction of sp³-hybridized carbons (Fsp3) is 0.478. The van der Waals surface area contributed by atoms with Gasteiger partial charge in [0.2, 0.25) is 0 Å². The molecular formula is C23H29NO5. The zero-order valence-corrected chi connectivity index (χ0v) is 17.4. The minimum Gasteiger partial charge on any atom is -0.493 e. The molecule has 0 atom stereocenters. The van der Waals surface area contributed by atoms with Crippen molar-refractivity contribution < 1.29 is 23.5 Å². The zero-order valence-electron chi connectivity index (χ0n) is 17.4. The van der Waals surface area contributed by atoms with Gasteiger partial charge in [-0.3, -0.25) is 0 Å². The van der Waals surface area contributed by atoms with Crippen LogP contribution in [-0.2, 0) is 16.1 Å². The van der Waals surface area contributed by atoms with Crippen molar-refractivity contribution in [2.45, 2.75) is 52.6 Å². The number of nitrogens with zero attached hydrogens (tertiary/aromatic N) is 1. The van der Waals surface area contributed by atoms with Crippen molar-refractivity contribution in [2.24, 2.45) is 5.92 Å². The molecule has 0 unspecified atom stereocenters. The van der Waals surface area contributed by atoms with Crippen LogP contribution in [0.25, 0.3) is 6.08 Å². The van der Waals surface area contributed by atoms with Crippen LogP contribution in [0.15, 0.2) is 28.8 Å². The van der Waals surface area contributed by atoms with Crippen LogP contribution >= 0.6 is 0 Å². The summed E-state index contributed by atoms with van der Waals surface area (Å²) in [7, 11) is 1.59. The van der Waals surface area contributed by atoms with Gasteiger partial charge in [0.25, 0.3) is 0 Å². The van der Waals surface area contributed by atoms with Crippen LogP contribution in [0.3, 0.4) is 0 Å². The molecule has 1 aromatic carbocycles. The van der Waals surface area contributed by atoms with Crippen molar-refractivity contribution in [1.82, 2.24) is 5.16 Å². The Balaban J connectivity index is 1.56. The average Bonchev–Trinajstić information content (AvgIpc) is 3.07. The Morgan fingerprint density at radius 1 is 1.21 bits per heavy atom. The molecule has 156 valence electrons. The molecule has 0 aliphatic heterocycles. The van der Waals surface area contributed by atoms with E-state index in [9.17, 15) is 4.79 Å². The lowest BCUT2D eigenvalue weighted by atomic mass is 9.90. The van der Waals surface area contributed by atoms with Gasteiger partial charge in [0, 0.05) is 6.08 Å². The molecule has 6 heteroatoms. The predicted octanol–water partition coefficient (Wildman–Crippen LogP) is 5.02. The first-order valence-corrected chi connectivity index (χ1v) is 10.1. The third-order valence-corrected chi connectivity index (χ3v) is 5.34. The summed E-state index contributed by atoms with van der Waals surface area (Å²) < 4.78 is 21.9. The maximum absolute atomic E-state index is 12.0. The highest BCUT2D eigenvalue weighted by Gasteiger charge is 2.15. The van der Waals surface area contributed by atoms with Gasteiger partial charge in [-0.25, -0.2) is 4.79 Å². The first-order chi connectivity index (χ1) is 14.1. The number of carbonyl (C=O) groups is 1. The van der Waals surface area contributed by atoms with E-state index in [1.165, 1.54) is 25.3 Å². The van der Waals surface area contributed by atoms with Crippen LogP contribution in [0.5, 0.6) is 11.5 Å². The molecule has 0 saturated heterocycles. The summed E-state index contributed by atoms with van der Waals surface area (Å²) in [5, 5.41) is 3.93. The largest absolute Gasteiger partial charge is 0.493 e. The molecule has 0 N–H and O–H groups in total. The second-order valence-electron chi connectivity index (χ2n) is 7.47. The van der Waals surface area contributed by atoms with Crippen LogP contribution in [0.4, 0.5) is 0 Å². The molecule has 29 heavy (non-hydrogen) atoms. The maximum Gasteiger partial charge on any atom is 0.330 e. The highest BCUT2D eigenvalue weighted by atomic mass is 16.5. The van der Waals surface area contributed by atoms with Crippen molar-refractivity contribution in [2.75, 3.05) is 13.7 Å². The molecule has 6 nitrogen and oxygen atoms in total. The molecule has 0 amide bonds. The van der Waals surface area contributed by atoms with Crippen LogP contribution in [0, 0.1) is 19.8 Å². The van der Waals surface area contributed by atoms with Gasteiger partial charge in [0.05, 0.1) is 25.0 Å². The summed E-state index contributed by atoms with van der Waals surface area (Å²) in [4.78, 5) is 12.0.